The van der Waals surface area contributed by atoms with Crippen LogP contribution in [0.25, 0.3) is 0 Å². The number of hydrogen-bond acceptors (Lipinski definition) is 1. The van der Waals surface area contributed by atoms with E-state index in [0.29, 0.717) is 0 Å². The number of aromatic nitrogens is 1. The molecule has 75 valence electrons. The zero-order valence-corrected chi connectivity index (χ0v) is 8.85. The van der Waals surface area contributed by atoms with Crippen LogP contribution < -0.4 is 0 Å². The second kappa shape index (κ2) is 4.74. The van der Waals surface area contributed by atoms with Gasteiger partial charge in [0.15, 0.2) is 0 Å². The fourth-order valence-corrected chi connectivity index (χ4v) is 1.58. The Morgan fingerprint density at radius 1 is 1.13 bits per heavy atom. The highest BCUT2D eigenvalue weighted by atomic mass is 14.7. The molecule has 2 aromatic rings. The van der Waals surface area contributed by atoms with Gasteiger partial charge in [0.2, 0.25) is 0 Å². The van der Waals surface area contributed by atoms with Crippen molar-refractivity contribution in [3.63, 3.8) is 0 Å². The van der Waals surface area contributed by atoms with E-state index < -0.39 is 0 Å². The summed E-state index contributed by atoms with van der Waals surface area (Å²) in [4.78, 5) is 4.36. The molecule has 0 aliphatic heterocycles. The fourth-order valence-electron chi connectivity index (χ4n) is 1.58. The lowest BCUT2D eigenvalue weighted by molar-refractivity contribution is 1.06. The van der Waals surface area contributed by atoms with Crippen LogP contribution in [0.3, 0.4) is 0 Å². The maximum absolute atomic E-state index is 4.36. The Hall–Kier alpha value is -1.63. The van der Waals surface area contributed by atoms with Gasteiger partial charge in [0.1, 0.15) is 0 Å². The first-order chi connectivity index (χ1) is 7.38. The molecule has 0 aliphatic rings. The Balaban J connectivity index is 2.17. The molecule has 1 heterocycles. The summed E-state index contributed by atoms with van der Waals surface area (Å²) in [5, 5.41) is 0. The van der Waals surface area contributed by atoms with E-state index in [1.54, 1.807) is 0 Å². The topological polar surface area (TPSA) is 12.9 Å². The third kappa shape index (κ3) is 2.66. The lowest BCUT2D eigenvalue weighted by atomic mass is 10.1. The van der Waals surface area contributed by atoms with Crippen molar-refractivity contribution in [3.05, 3.63) is 71.9 Å². The van der Waals surface area contributed by atoms with Crippen LogP contribution in [0.1, 0.15) is 23.7 Å². The molecule has 0 N–H and O–H groups in total. The van der Waals surface area contributed by atoms with Gasteiger partial charge < -0.3 is 0 Å². The Morgan fingerprint density at radius 3 is 2.67 bits per heavy atom. The summed E-state index contributed by atoms with van der Waals surface area (Å²) < 4.78 is 0. The Morgan fingerprint density at radius 2 is 1.93 bits per heavy atom. The molecule has 0 amide bonds. The molecule has 1 aromatic carbocycles. The SMILES string of the molecule is C[CH]c1ccnc(Cc2ccccc2)c1. The number of hydrogen-bond donors (Lipinski definition) is 0. The molecular weight excluding hydrogens is 182 g/mol. The van der Waals surface area contributed by atoms with E-state index in [1.165, 1.54) is 11.1 Å². The van der Waals surface area contributed by atoms with E-state index in [4.69, 9.17) is 0 Å². The predicted molar refractivity (Wildman–Crippen MR) is 62.6 cm³/mol. The normalized spacial score (nSPS) is 10.2. The number of pyridine rings is 1. The van der Waals surface area contributed by atoms with E-state index in [2.05, 4.69) is 41.7 Å². The van der Waals surface area contributed by atoms with E-state index >= 15 is 0 Å². The van der Waals surface area contributed by atoms with Crippen molar-refractivity contribution in [1.82, 2.24) is 4.98 Å². The lowest BCUT2D eigenvalue weighted by Crippen LogP contribution is -1.92. The molecule has 1 radical (unpaired) electrons. The predicted octanol–water partition coefficient (Wildman–Crippen LogP) is 3.24. The monoisotopic (exact) mass is 196 g/mol. The smallest absolute Gasteiger partial charge is 0.0450 e. The maximum atomic E-state index is 4.36. The first kappa shape index (κ1) is 9.91. The standard InChI is InChI=1S/C14H14N/c1-2-12-8-9-15-14(10-12)11-13-6-4-3-5-7-13/h2-10H,11H2,1H3. The molecule has 1 aromatic heterocycles. The van der Waals surface area contributed by atoms with Crippen molar-refractivity contribution in [1.29, 1.82) is 0 Å². The van der Waals surface area contributed by atoms with Crippen molar-refractivity contribution >= 4 is 0 Å². The molecule has 0 atom stereocenters. The zero-order valence-electron chi connectivity index (χ0n) is 8.85. The van der Waals surface area contributed by atoms with Crippen molar-refractivity contribution in [3.8, 4) is 0 Å². The molecule has 0 bridgehead atoms. The zero-order chi connectivity index (χ0) is 10.5. The largest absolute Gasteiger partial charge is 0.261 e. The molecule has 0 unspecified atom stereocenters. The summed E-state index contributed by atoms with van der Waals surface area (Å²) in [6, 6.07) is 14.6. The third-order valence-corrected chi connectivity index (χ3v) is 2.40. The summed E-state index contributed by atoms with van der Waals surface area (Å²) in [6.45, 7) is 2.04. The van der Waals surface area contributed by atoms with Crippen LogP contribution in [0.2, 0.25) is 0 Å². The molecular formula is C14H14N. The average molecular weight is 196 g/mol. The second-order valence-electron chi connectivity index (χ2n) is 3.53. The summed E-state index contributed by atoms with van der Waals surface area (Å²) in [5.74, 6) is 0. The highest BCUT2D eigenvalue weighted by Gasteiger charge is 1.97. The van der Waals surface area contributed by atoms with Gasteiger partial charge in [-0.15, -0.1) is 0 Å². The van der Waals surface area contributed by atoms with Gasteiger partial charge in [0.05, 0.1) is 0 Å². The summed E-state index contributed by atoms with van der Waals surface area (Å²) >= 11 is 0. The van der Waals surface area contributed by atoms with Crippen LogP contribution in [0.4, 0.5) is 0 Å². The Kier molecular flexibility index (Phi) is 3.13. The maximum Gasteiger partial charge on any atom is 0.0450 e. The van der Waals surface area contributed by atoms with Crippen molar-refractivity contribution < 1.29 is 0 Å². The lowest BCUT2D eigenvalue weighted by Gasteiger charge is -2.02. The third-order valence-electron chi connectivity index (χ3n) is 2.40. The highest BCUT2D eigenvalue weighted by molar-refractivity contribution is 5.27. The van der Waals surface area contributed by atoms with Crippen LogP contribution in [-0.2, 0) is 6.42 Å². The quantitative estimate of drug-likeness (QED) is 0.734. The van der Waals surface area contributed by atoms with Gasteiger partial charge >= 0.3 is 0 Å². The summed E-state index contributed by atoms with van der Waals surface area (Å²) in [6.07, 6.45) is 4.87. The number of nitrogens with zero attached hydrogens (tertiary/aromatic N) is 1. The molecule has 1 nitrogen and oxygen atoms in total. The van der Waals surface area contributed by atoms with E-state index in [1.807, 2.05) is 25.3 Å². The van der Waals surface area contributed by atoms with Crippen LogP contribution in [0.15, 0.2) is 48.7 Å². The molecule has 0 fully saturated rings. The molecule has 1 heteroatoms. The molecule has 0 saturated heterocycles. The summed E-state index contributed by atoms with van der Waals surface area (Å²) in [7, 11) is 0. The van der Waals surface area contributed by atoms with Gasteiger partial charge in [-0.1, -0.05) is 37.3 Å². The average Bonchev–Trinajstić information content (AvgIpc) is 2.31. The molecule has 0 spiro atoms. The Labute approximate surface area is 90.8 Å². The minimum atomic E-state index is 0.905. The van der Waals surface area contributed by atoms with Crippen molar-refractivity contribution in [2.75, 3.05) is 0 Å². The van der Waals surface area contributed by atoms with E-state index in [9.17, 15) is 0 Å². The van der Waals surface area contributed by atoms with Crippen LogP contribution >= 0.6 is 0 Å². The van der Waals surface area contributed by atoms with Gasteiger partial charge in [0, 0.05) is 18.3 Å². The first-order valence-corrected chi connectivity index (χ1v) is 5.16. The first-order valence-electron chi connectivity index (χ1n) is 5.16. The minimum Gasteiger partial charge on any atom is -0.261 e. The number of rotatable bonds is 3. The van der Waals surface area contributed by atoms with E-state index in [-0.39, 0.29) is 0 Å². The van der Waals surface area contributed by atoms with Gasteiger partial charge in [-0.05, 0) is 29.7 Å². The van der Waals surface area contributed by atoms with Gasteiger partial charge in [-0.3, -0.25) is 4.98 Å². The second-order valence-corrected chi connectivity index (χ2v) is 3.53. The van der Waals surface area contributed by atoms with Crippen molar-refractivity contribution in [2.45, 2.75) is 13.3 Å². The van der Waals surface area contributed by atoms with Crippen LogP contribution in [0, 0.1) is 6.42 Å². The number of benzene rings is 1. The minimum absolute atomic E-state index is 0.905. The fraction of sp³-hybridized carbons (Fsp3) is 0.143. The van der Waals surface area contributed by atoms with Crippen LogP contribution in [0.5, 0.6) is 0 Å². The molecule has 0 saturated carbocycles. The molecule has 0 aliphatic carbocycles. The van der Waals surface area contributed by atoms with Crippen molar-refractivity contribution in [2.24, 2.45) is 0 Å². The highest BCUT2D eigenvalue weighted by Crippen LogP contribution is 2.09. The van der Waals surface area contributed by atoms with Gasteiger partial charge in [-0.2, -0.15) is 0 Å². The van der Waals surface area contributed by atoms with Gasteiger partial charge in [0.25, 0.3) is 0 Å². The van der Waals surface area contributed by atoms with Crippen LogP contribution in [-0.4, -0.2) is 4.98 Å². The Bertz CT molecular complexity index is 420. The van der Waals surface area contributed by atoms with Gasteiger partial charge in [-0.25, -0.2) is 0 Å². The van der Waals surface area contributed by atoms with E-state index in [0.717, 1.165) is 12.1 Å². The molecule has 15 heavy (non-hydrogen) atoms. The molecule has 2 rings (SSSR count). The summed E-state index contributed by atoms with van der Waals surface area (Å²) in [5.41, 5.74) is 3.66.